The molecule has 5 heteroatoms. The molecule has 0 radical (unpaired) electrons. The molecule has 0 amide bonds. The summed E-state index contributed by atoms with van der Waals surface area (Å²) in [6.45, 7) is 3.08. The van der Waals surface area contributed by atoms with Gasteiger partial charge in [-0.1, -0.05) is 6.92 Å². The lowest BCUT2D eigenvalue weighted by molar-refractivity contribution is 0.419. The Hall–Kier alpha value is -0.130. The molecule has 0 aromatic heterocycles. The van der Waals surface area contributed by atoms with Crippen molar-refractivity contribution >= 4 is 10.0 Å². The van der Waals surface area contributed by atoms with Crippen molar-refractivity contribution in [1.82, 2.24) is 4.31 Å². The average molecular weight is 220 g/mol. The van der Waals surface area contributed by atoms with E-state index >= 15 is 0 Å². The molecule has 0 unspecified atom stereocenters. The highest BCUT2D eigenvalue weighted by molar-refractivity contribution is 7.89. The summed E-state index contributed by atoms with van der Waals surface area (Å²) in [6.07, 6.45) is 3.54. The van der Waals surface area contributed by atoms with Gasteiger partial charge in [0, 0.05) is 12.6 Å². The number of nitrogens with two attached hydrogens (primary N) is 1. The van der Waals surface area contributed by atoms with E-state index in [0.717, 1.165) is 19.3 Å². The van der Waals surface area contributed by atoms with Gasteiger partial charge in [0.05, 0.1) is 5.75 Å². The molecule has 0 bridgehead atoms. The van der Waals surface area contributed by atoms with Crippen molar-refractivity contribution in [3.63, 3.8) is 0 Å². The molecule has 0 aromatic rings. The summed E-state index contributed by atoms with van der Waals surface area (Å²) < 4.78 is 25.2. The van der Waals surface area contributed by atoms with E-state index in [1.807, 2.05) is 6.92 Å². The molecule has 0 heterocycles. The van der Waals surface area contributed by atoms with Gasteiger partial charge in [-0.15, -0.1) is 0 Å². The van der Waals surface area contributed by atoms with E-state index in [9.17, 15) is 8.42 Å². The van der Waals surface area contributed by atoms with E-state index in [1.54, 1.807) is 4.31 Å². The Labute approximate surface area is 86.5 Å². The summed E-state index contributed by atoms with van der Waals surface area (Å²) in [6, 6.07) is 0.294. The van der Waals surface area contributed by atoms with Crippen LogP contribution >= 0.6 is 0 Å². The predicted octanol–water partition coefficient (Wildman–Crippen LogP) is 0.539. The van der Waals surface area contributed by atoms with Gasteiger partial charge in [-0.25, -0.2) is 8.42 Å². The largest absolute Gasteiger partial charge is 0.330 e. The van der Waals surface area contributed by atoms with Crippen molar-refractivity contribution in [2.24, 2.45) is 5.73 Å². The van der Waals surface area contributed by atoms with E-state index in [1.165, 1.54) is 0 Å². The molecular weight excluding hydrogens is 200 g/mol. The molecule has 2 N–H and O–H groups in total. The van der Waals surface area contributed by atoms with Crippen molar-refractivity contribution in [3.05, 3.63) is 0 Å². The lowest BCUT2D eigenvalue weighted by atomic mass is 10.3. The minimum atomic E-state index is -3.00. The first-order chi connectivity index (χ1) is 6.61. The SMILES string of the molecule is CCN(C1CC1)S(=O)(=O)CCCCN. The van der Waals surface area contributed by atoms with Crippen molar-refractivity contribution in [2.45, 2.75) is 38.6 Å². The number of unbranched alkanes of at least 4 members (excludes halogenated alkanes) is 1. The molecule has 14 heavy (non-hydrogen) atoms. The normalized spacial score (nSPS) is 17.6. The monoisotopic (exact) mass is 220 g/mol. The van der Waals surface area contributed by atoms with Gasteiger partial charge in [0.2, 0.25) is 10.0 Å². The summed E-state index contributed by atoms with van der Waals surface area (Å²) in [7, 11) is -3.00. The molecule has 0 saturated heterocycles. The van der Waals surface area contributed by atoms with Crippen LogP contribution in [0.1, 0.15) is 32.6 Å². The Morgan fingerprint density at radius 2 is 2.00 bits per heavy atom. The summed E-state index contributed by atoms with van der Waals surface area (Å²) >= 11 is 0. The Balaban J connectivity index is 2.44. The summed E-state index contributed by atoms with van der Waals surface area (Å²) in [5, 5.41) is 0. The second-order valence-electron chi connectivity index (χ2n) is 3.75. The number of hydrogen-bond acceptors (Lipinski definition) is 3. The third-order valence-corrected chi connectivity index (χ3v) is 4.56. The zero-order valence-electron chi connectivity index (χ0n) is 8.78. The Bertz CT molecular complexity index is 260. The van der Waals surface area contributed by atoms with Crippen LogP contribution in [0.5, 0.6) is 0 Å². The smallest absolute Gasteiger partial charge is 0.214 e. The van der Waals surface area contributed by atoms with Gasteiger partial charge in [0.25, 0.3) is 0 Å². The molecule has 0 atom stereocenters. The lowest BCUT2D eigenvalue weighted by Crippen LogP contribution is -2.34. The van der Waals surface area contributed by atoms with Gasteiger partial charge in [-0.3, -0.25) is 0 Å². The van der Waals surface area contributed by atoms with Crippen LogP contribution in [0, 0.1) is 0 Å². The Kier molecular flexibility index (Phi) is 4.34. The third kappa shape index (κ3) is 3.22. The van der Waals surface area contributed by atoms with Crippen molar-refractivity contribution in [2.75, 3.05) is 18.8 Å². The summed E-state index contributed by atoms with van der Waals surface area (Å²) in [4.78, 5) is 0. The molecule has 1 fully saturated rings. The lowest BCUT2D eigenvalue weighted by Gasteiger charge is -2.19. The zero-order chi connectivity index (χ0) is 10.6. The van der Waals surface area contributed by atoms with Gasteiger partial charge in [-0.05, 0) is 32.2 Å². The topological polar surface area (TPSA) is 63.4 Å². The molecule has 0 spiro atoms. The minimum absolute atomic E-state index is 0.258. The second-order valence-corrected chi connectivity index (χ2v) is 5.79. The second kappa shape index (κ2) is 5.09. The van der Waals surface area contributed by atoms with Gasteiger partial charge in [-0.2, -0.15) is 4.31 Å². The quantitative estimate of drug-likeness (QED) is 0.637. The van der Waals surface area contributed by atoms with Crippen LogP contribution in [0.4, 0.5) is 0 Å². The van der Waals surface area contributed by atoms with E-state index in [4.69, 9.17) is 5.73 Å². The maximum atomic E-state index is 11.8. The fourth-order valence-electron chi connectivity index (χ4n) is 1.59. The van der Waals surface area contributed by atoms with Crippen LogP contribution in [0.3, 0.4) is 0 Å². The molecule has 4 nitrogen and oxygen atoms in total. The van der Waals surface area contributed by atoms with Crippen LogP contribution < -0.4 is 5.73 Å². The van der Waals surface area contributed by atoms with Gasteiger partial charge >= 0.3 is 0 Å². The van der Waals surface area contributed by atoms with Crippen LogP contribution in [0.15, 0.2) is 0 Å². The molecule has 1 aliphatic rings. The first kappa shape index (κ1) is 11.9. The highest BCUT2D eigenvalue weighted by atomic mass is 32.2. The molecule has 1 saturated carbocycles. The van der Waals surface area contributed by atoms with Gasteiger partial charge in [0.1, 0.15) is 0 Å². The Morgan fingerprint density at radius 3 is 2.43 bits per heavy atom. The molecule has 1 aliphatic carbocycles. The van der Waals surface area contributed by atoms with E-state index in [-0.39, 0.29) is 5.75 Å². The highest BCUT2D eigenvalue weighted by Crippen LogP contribution is 2.29. The van der Waals surface area contributed by atoms with Crippen molar-refractivity contribution in [1.29, 1.82) is 0 Å². The first-order valence-corrected chi connectivity index (χ1v) is 6.92. The first-order valence-electron chi connectivity index (χ1n) is 5.31. The Morgan fingerprint density at radius 1 is 1.36 bits per heavy atom. The number of rotatable bonds is 7. The van der Waals surface area contributed by atoms with Crippen LogP contribution in [-0.4, -0.2) is 37.6 Å². The van der Waals surface area contributed by atoms with Crippen LogP contribution in [0.25, 0.3) is 0 Å². The summed E-state index contributed by atoms with van der Waals surface area (Å²) in [5.41, 5.74) is 5.33. The predicted molar refractivity (Wildman–Crippen MR) is 57.5 cm³/mol. The van der Waals surface area contributed by atoms with Crippen LogP contribution in [-0.2, 0) is 10.0 Å². The van der Waals surface area contributed by atoms with Gasteiger partial charge in [0.15, 0.2) is 0 Å². The highest BCUT2D eigenvalue weighted by Gasteiger charge is 2.35. The third-order valence-electron chi connectivity index (χ3n) is 2.48. The van der Waals surface area contributed by atoms with Crippen molar-refractivity contribution < 1.29 is 8.42 Å². The fraction of sp³-hybridized carbons (Fsp3) is 1.00. The van der Waals surface area contributed by atoms with Crippen molar-refractivity contribution in [3.8, 4) is 0 Å². The maximum absolute atomic E-state index is 11.8. The van der Waals surface area contributed by atoms with E-state index < -0.39 is 10.0 Å². The van der Waals surface area contributed by atoms with E-state index in [0.29, 0.717) is 25.6 Å². The van der Waals surface area contributed by atoms with E-state index in [2.05, 4.69) is 0 Å². The average Bonchev–Trinajstić information content (AvgIpc) is 2.89. The molecule has 0 aliphatic heterocycles. The number of nitrogens with zero attached hydrogens (tertiary/aromatic N) is 1. The molecule has 84 valence electrons. The minimum Gasteiger partial charge on any atom is -0.330 e. The van der Waals surface area contributed by atoms with Crippen LogP contribution in [0.2, 0.25) is 0 Å². The summed E-state index contributed by atoms with van der Waals surface area (Å²) in [5.74, 6) is 0.258. The number of sulfonamides is 1. The standard InChI is InChI=1S/C9H20N2O2S/c1-2-11(9-5-6-9)14(12,13)8-4-3-7-10/h9H,2-8,10H2,1H3. The molecule has 1 rings (SSSR count). The number of hydrogen-bond donors (Lipinski definition) is 1. The fourth-order valence-corrected chi connectivity index (χ4v) is 3.45. The maximum Gasteiger partial charge on any atom is 0.214 e. The molecule has 0 aromatic carbocycles. The van der Waals surface area contributed by atoms with Gasteiger partial charge < -0.3 is 5.73 Å². The zero-order valence-corrected chi connectivity index (χ0v) is 9.59. The molecular formula is C9H20N2O2S.